The van der Waals surface area contributed by atoms with Crippen molar-refractivity contribution in [2.75, 3.05) is 24.8 Å². The largest absolute Gasteiger partial charge is 0.495 e. The van der Waals surface area contributed by atoms with Crippen LogP contribution in [0.4, 0.5) is 11.4 Å². The van der Waals surface area contributed by atoms with Crippen molar-refractivity contribution in [1.82, 2.24) is 0 Å². The number of benzene rings is 2. The Morgan fingerprint density at radius 1 is 1.19 bits per heavy atom. The maximum absolute atomic E-state index is 12.4. The molecule has 21 heavy (non-hydrogen) atoms. The number of hydrogen-bond acceptors (Lipinski definition) is 3. The first kappa shape index (κ1) is 15.4. The highest BCUT2D eigenvalue weighted by Crippen LogP contribution is 2.28. The molecule has 0 atom stereocenters. The van der Waals surface area contributed by atoms with E-state index in [0.717, 1.165) is 15.7 Å². The maximum Gasteiger partial charge on any atom is 0.257 e. The number of amides is 1. The maximum atomic E-state index is 12.4. The van der Waals surface area contributed by atoms with Gasteiger partial charge < -0.3 is 15.4 Å². The lowest BCUT2D eigenvalue weighted by molar-refractivity contribution is 0.102. The van der Waals surface area contributed by atoms with Gasteiger partial charge in [0.05, 0.1) is 17.1 Å². The molecule has 1 amide bonds. The third-order valence-electron chi connectivity index (χ3n) is 3.10. The zero-order chi connectivity index (χ0) is 15.4. The molecule has 110 valence electrons. The molecule has 0 bridgehead atoms. The minimum absolute atomic E-state index is 0.160. The van der Waals surface area contributed by atoms with E-state index in [1.807, 2.05) is 37.3 Å². The monoisotopic (exact) mass is 348 g/mol. The number of carbonyl (C=O) groups excluding carboxylic acids is 1. The molecule has 0 aliphatic carbocycles. The van der Waals surface area contributed by atoms with Crippen LogP contribution in [0.25, 0.3) is 0 Å². The fourth-order valence-electron chi connectivity index (χ4n) is 2.00. The number of hydrogen-bond donors (Lipinski definition) is 2. The minimum atomic E-state index is -0.160. The van der Waals surface area contributed by atoms with Crippen LogP contribution in [-0.4, -0.2) is 20.1 Å². The summed E-state index contributed by atoms with van der Waals surface area (Å²) in [5.41, 5.74) is 3.12. The molecule has 0 radical (unpaired) electrons. The number of nitrogens with one attached hydrogen (secondary N) is 2. The van der Waals surface area contributed by atoms with E-state index < -0.39 is 0 Å². The average Bonchev–Trinajstić information content (AvgIpc) is 2.49. The van der Waals surface area contributed by atoms with Gasteiger partial charge in [-0.2, -0.15) is 0 Å². The molecule has 4 nitrogen and oxygen atoms in total. The van der Waals surface area contributed by atoms with Gasteiger partial charge in [-0.3, -0.25) is 4.79 Å². The molecular formula is C16H17BrN2O2. The molecule has 2 N–H and O–H groups in total. The number of anilines is 2. The molecule has 2 rings (SSSR count). The summed E-state index contributed by atoms with van der Waals surface area (Å²) in [6, 6.07) is 11.1. The van der Waals surface area contributed by atoms with Gasteiger partial charge in [-0.15, -0.1) is 0 Å². The van der Waals surface area contributed by atoms with Gasteiger partial charge >= 0.3 is 0 Å². The molecule has 0 unspecified atom stereocenters. The Morgan fingerprint density at radius 3 is 2.62 bits per heavy atom. The van der Waals surface area contributed by atoms with Crippen molar-refractivity contribution in [1.29, 1.82) is 0 Å². The minimum Gasteiger partial charge on any atom is -0.495 e. The number of carbonyl (C=O) groups is 1. The first-order valence-electron chi connectivity index (χ1n) is 6.48. The summed E-state index contributed by atoms with van der Waals surface area (Å²) in [5.74, 6) is 0.512. The Bertz CT molecular complexity index is 671. The van der Waals surface area contributed by atoms with Crippen LogP contribution in [0.3, 0.4) is 0 Å². The summed E-state index contributed by atoms with van der Waals surface area (Å²) in [6.07, 6.45) is 0. The van der Waals surface area contributed by atoms with Crippen molar-refractivity contribution in [2.24, 2.45) is 0 Å². The van der Waals surface area contributed by atoms with E-state index in [1.165, 1.54) is 0 Å². The zero-order valence-electron chi connectivity index (χ0n) is 12.2. The molecule has 5 heteroatoms. The number of aryl methyl sites for hydroxylation is 1. The summed E-state index contributed by atoms with van der Waals surface area (Å²) in [6.45, 7) is 1.96. The molecule has 0 aromatic heterocycles. The third kappa shape index (κ3) is 3.55. The summed E-state index contributed by atoms with van der Waals surface area (Å²) in [4.78, 5) is 12.4. The SMILES string of the molecule is CNc1ccc(C)cc1C(=O)Nc1ccc(Br)c(OC)c1. The molecule has 0 heterocycles. The van der Waals surface area contributed by atoms with Gasteiger partial charge in [-0.25, -0.2) is 0 Å². The molecule has 0 spiro atoms. The topological polar surface area (TPSA) is 50.4 Å². The van der Waals surface area contributed by atoms with Crippen molar-refractivity contribution in [3.63, 3.8) is 0 Å². The molecule has 0 aliphatic rings. The lowest BCUT2D eigenvalue weighted by atomic mass is 10.1. The highest BCUT2D eigenvalue weighted by molar-refractivity contribution is 9.10. The number of ether oxygens (including phenoxy) is 1. The third-order valence-corrected chi connectivity index (χ3v) is 3.75. The molecular weight excluding hydrogens is 332 g/mol. The zero-order valence-corrected chi connectivity index (χ0v) is 13.7. The number of methoxy groups -OCH3 is 1. The van der Waals surface area contributed by atoms with E-state index in [1.54, 1.807) is 20.2 Å². The predicted molar refractivity (Wildman–Crippen MR) is 89.4 cm³/mol. The summed E-state index contributed by atoms with van der Waals surface area (Å²) in [7, 11) is 3.38. The van der Waals surface area contributed by atoms with Gasteiger partial charge in [0.1, 0.15) is 5.75 Å². The Hall–Kier alpha value is -2.01. The quantitative estimate of drug-likeness (QED) is 0.875. The van der Waals surface area contributed by atoms with Crippen LogP contribution in [0.15, 0.2) is 40.9 Å². The van der Waals surface area contributed by atoms with Crippen LogP contribution >= 0.6 is 15.9 Å². The van der Waals surface area contributed by atoms with Gasteiger partial charge in [0, 0.05) is 24.5 Å². The molecule has 2 aromatic carbocycles. The molecule has 2 aromatic rings. The average molecular weight is 349 g/mol. The fourth-order valence-corrected chi connectivity index (χ4v) is 2.41. The Morgan fingerprint density at radius 2 is 1.95 bits per heavy atom. The van der Waals surface area contributed by atoms with Crippen LogP contribution in [0, 0.1) is 6.92 Å². The van der Waals surface area contributed by atoms with Gasteiger partial charge in [-0.05, 0) is 47.1 Å². The van der Waals surface area contributed by atoms with E-state index >= 15 is 0 Å². The Labute approximate surface area is 132 Å². The number of halogens is 1. The fraction of sp³-hybridized carbons (Fsp3) is 0.188. The Kier molecular flexibility index (Phi) is 4.85. The van der Waals surface area contributed by atoms with Gasteiger partial charge in [0.15, 0.2) is 0 Å². The molecule has 0 aliphatic heterocycles. The predicted octanol–water partition coefficient (Wildman–Crippen LogP) is 4.06. The first-order valence-corrected chi connectivity index (χ1v) is 7.27. The summed E-state index contributed by atoms with van der Waals surface area (Å²) < 4.78 is 6.07. The van der Waals surface area contributed by atoms with Gasteiger partial charge in [0.25, 0.3) is 5.91 Å². The lowest BCUT2D eigenvalue weighted by Gasteiger charge is -2.12. The van der Waals surface area contributed by atoms with E-state index in [2.05, 4.69) is 26.6 Å². The van der Waals surface area contributed by atoms with E-state index in [-0.39, 0.29) is 5.91 Å². The second kappa shape index (κ2) is 6.63. The summed E-state index contributed by atoms with van der Waals surface area (Å²) >= 11 is 3.39. The van der Waals surface area contributed by atoms with Gasteiger partial charge in [0.2, 0.25) is 0 Å². The van der Waals surface area contributed by atoms with Crippen molar-refractivity contribution < 1.29 is 9.53 Å². The summed E-state index contributed by atoms with van der Waals surface area (Å²) in [5, 5.41) is 5.91. The van der Waals surface area contributed by atoms with Crippen LogP contribution in [0.1, 0.15) is 15.9 Å². The molecule has 0 fully saturated rings. The smallest absolute Gasteiger partial charge is 0.257 e. The highest BCUT2D eigenvalue weighted by Gasteiger charge is 2.12. The highest BCUT2D eigenvalue weighted by atomic mass is 79.9. The normalized spacial score (nSPS) is 10.1. The lowest BCUT2D eigenvalue weighted by Crippen LogP contribution is -2.14. The van der Waals surface area contributed by atoms with Gasteiger partial charge in [-0.1, -0.05) is 11.6 Å². The van der Waals surface area contributed by atoms with Crippen molar-refractivity contribution in [3.05, 3.63) is 52.0 Å². The first-order chi connectivity index (χ1) is 10.0. The van der Waals surface area contributed by atoms with Crippen LogP contribution in [-0.2, 0) is 0 Å². The van der Waals surface area contributed by atoms with E-state index in [4.69, 9.17) is 4.74 Å². The van der Waals surface area contributed by atoms with Crippen LogP contribution in [0.2, 0.25) is 0 Å². The van der Waals surface area contributed by atoms with Crippen molar-refractivity contribution in [3.8, 4) is 5.75 Å². The number of rotatable bonds is 4. The standard InChI is InChI=1S/C16H17BrN2O2/c1-10-4-7-14(18-2)12(8-10)16(20)19-11-5-6-13(17)15(9-11)21-3/h4-9,18H,1-3H3,(H,19,20). The van der Waals surface area contributed by atoms with E-state index in [0.29, 0.717) is 17.0 Å². The second-order valence-electron chi connectivity index (χ2n) is 4.60. The molecule has 0 saturated heterocycles. The van der Waals surface area contributed by atoms with E-state index in [9.17, 15) is 4.79 Å². The molecule has 0 saturated carbocycles. The van der Waals surface area contributed by atoms with Crippen LogP contribution in [0.5, 0.6) is 5.75 Å². The Balaban J connectivity index is 2.28. The van der Waals surface area contributed by atoms with Crippen molar-refractivity contribution in [2.45, 2.75) is 6.92 Å². The van der Waals surface area contributed by atoms with Crippen LogP contribution < -0.4 is 15.4 Å². The second-order valence-corrected chi connectivity index (χ2v) is 5.46. The van der Waals surface area contributed by atoms with Crippen molar-refractivity contribution >= 4 is 33.2 Å².